The van der Waals surface area contributed by atoms with Crippen molar-refractivity contribution in [3.05, 3.63) is 46.8 Å². The molecule has 0 unspecified atom stereocenters. The average Bonchev–Trinajstić information content (AvgIpc) is 2.72. The van der Waals surface area contributed by atoms with E-state index in [4.69, 9.17) is 10.7 Å². The van der Waals surface area contributed by atoms with Crippen molar-refractivity contribution in [1.29, 1.82) is 0 Å². The van der Waals surface area contributed by atoms with E-state index in [2.05, 4.69) is 41.1 Å². The van der Waals surface area contributed by atoms with Gasteiger partial charge in [0.15, 0.2) is 0 Å². The molecule has 3 rings (SSSR count). The van der Waals surface area contributed by atoms with E-state index in [1.807, 2.05) is 6.92 Å². The van der Waals surface area contributed by atoms with E-state index < -0.39 is 0 Å². The van der Waals surface area contributed by atoms with E-state index in [-0.39, 0.29) is 0 Å². The van der Waals surface area contributed by atoms with Crippen molar-refractivity contribution in [3.8, 4) is 0 Å². The van der Waals surface area contributed by atoms with E-state index in [0.29, 0.717) is 5.82 Å². The Morgan fingerprint density at radius 2 is 1.95 bits per heavy atom. The third kappa shape index (κ3) is 2.71. The highest BCUT2D eigenvalue weighted by molar-refractivity contribution is 5.57. The predicted octanol–water partition coefficient (Wildman–Crippen LogP) is 2.88. The number of fused-ring (bicyclic) bond motifs is 1. The fourth-order valence-corrected chi connectivity index (χ4v) is 2.92. The monoisotopic (exact) mass is 282 g/mol. The highest BCUT2D eigenvalue weighted by Gasteiger charge is 2.19. The molecular formula is C17H22N4. The molecule has 110 valence electrons. The summed E-state index contributed by atoms with van der Waals surface area (Å²) in [6.45, 7) is 5.98. The number of benzene rings is 1. The molecule has 0 bridgehead atoms. The number of nitrogen functional groups attached to an aromatic ring is 1. The summed E-state index contributed by atoms with van der Waals surface area (Å²) in [5, 5.41) is 0. The number of nitrogens with two attached hydrogens (primary N) is 1. The van der Waals surface area contributed by atoms with Crippen molar-refractivity contribution in [3.63, 3.8) is 0 Å². The molecule has 4 nitrogen and oxygen atoms in total. The third-order valence-electron chi connectivity index (χ3n) is 4.17. The molecule has 1 aliphatic heterocycles. The number of hydrogen-bond donors (Lipinski definition) is 1. The van der Waals surface area contributed by atoms with Gasteiger partial charge in [0.2, 0.25) is 0 Å². The first-order chi connectivity index (χ1) is 10.2. The van der Waals surface area contributed by atoms with E-state index in [0.717, 1.165) is 49.6 Å². The second kappa shape index (κ2) is 5.72. The van der Waals surface area contributed by atoms with Crippen LogP contribution in [-0.4, -0.2) is 16.5 Å². The number of hydrogen-bond acceptors (Lipinski definition) is 4. The topological polar surface area (TPSA) is 55.0 Å². The van der Waals surface area contributed by atoms with Crippen LogP contribution in [0.2, 0.25) is 0 Å². The molecule has 2 aromatic rings. The summed E-state index contributed by atoms with van der Waals surface area (Å²) < 4.78 is 0. The number of anilines is 2. The van der Waals surface area contributed by atoms with E-state index in [1.165, 1.54) is 11.1 Å². The highest BCUT2D eigenvalue weighted by atomic mass is 15.2. The molecule has 0 spiro atoms. The van der Waals surface area contributed by atoms with Gasteiger partial charge in [0.05, 0.1) is 0 Å². The van der Waals surface area contributed by atoms with Crippen molar-refractivity contribution >= 4 is 11.6 Å². The van der Waals surface area contributed by atoms with Crippen LogP contribution in [-0.2, 0) is 19.4 Å². The molecule has 0 saturated carbocycles. The number of nitrogens with zero attached hydrogens (tertiary/aromatic N) is 3. The Morgan fingerprint density at radius 3 is 2.71 bits per heavy atom. The van der Waals surface area contributed by atoms with Crippen LogP contribution in [0.15, 0.2) is 24.3 Å². The second-order valence-electron chi connectivity index (χ2n) is 5.62. The number of rotatable bonds is 2. The summed E-state index contributed by atoms with van der Waals surface area (Å²) in [6, 6.07) is 8.68. The first-order valence-electron chi connectivity index (χ1n) is 7.63. The zero-order valence-corrected chi connectivity index (χ0v) is 12.8. The Bertz CT molecular complexity index is 651. The summed E-state index contributed by atoms with van der Waals surface area (Å²) in [5.74, 6) is 2.43. The Kier molecular flexibility index (Phi) is 3.78. The lowest BCUT2D eigenvalue weighted by atomic mass is 10.0. The summed E-state index contributed by atoms with van der Waals surface area (Å²) in [5.41, 5.74) is 9.90. The van der Waals surface area contributed by atoms with Crippen LogP contribution in [0.4, 0.5) is 11.6 Å². The van der Waals surface area contributed by atoms with E-state index in [1.54, 1.807) is 0 Å². The third-order valence-corrected chi connectivity index (χ3v) is 4.17. The van der Waals surface area contributed by atoms with Gasteiger partial charge in [-0.2, -0.15) is 0 Å². The molecule has 1 aromatic heterocycles. The largest absolute Gasteiger partial charge is 0.383 e. The fraction of sp³-hybridized carbons (Fsp3) is 0.412. The quantitative estimate of drug-likeness (QED) is 0.920. The lowest BCUT2D eigenvalue weighted by molar-refractivity contribution is 0.743. The smallest absolute Gasteiger partial charge is 0.137 e. The molecule has 0 amide bonds. The van der Waals surface area contributed by atoms with Gasteiger partial charge in [-0.1, -0.05) is 31.2 Å². The molecule has 2 heterocycles. The van der Waals surface area contributed by atoms with Gasteiger partial charge in [-0.25, -0.2) is 9.97 Å². The van der Waals surface area contributed by atoms with Crippen molar-refractivity contribution in [2.45, 2.75) is 39.7 Å². The molecule has 21 heavy (non-hydrogen) atoms. The van der Waals surface area contributed by atoms with Crippen molar-refractivity contribution in [2.75, 3.05) is 17.2 Å². The van der Waals surface area contributed by atoms with Gasteiger partial charge in [0, 0.05) is 25.1 Å². The SMILES string of the molecule is CCc1nc(N)c(C)c(N2CCCc3ccccc3C2)n1. The Balaban J connectivity index is 1.99. The van der Waals surface area contributed by atoms with E-state index >= 15 is 0 Å². The van der Waals surface area contributed by atoms with Crippen LogP contribution >= 0.6 is 0 Å². The summed E-state index contributed by atoms with van der Waals surface area (Å²) in [4.78, 5) is 11.4. The van der Waals surface area contributed by atoms with Crippen molar-refractivity contribution in [1.82, 2.24) is 9.97 Å². The van der Waals surface area contributed by atoms with Crippen LogP contribution in [0, 0.1) is 6.92 Å². The van der Waals surface area contributed by atoms with Gasteiger partial charge >= 0.3 is 0 Å². The zero-order valence-electron chi connectivity index (χ0n) is 12.8. The lowest BCUT2D eigenvalue weighted by Gasteiger charge is -2.24. The van der Waals surface area contributed by atoms with Crippen LogP contribution in [0.3, 0.4) is 0 Å². The highest BCUT2D eigenvalue weighted by Crippen LogP contribution is 2.27. The normalized spacial score (nSPS) is 14.7. The maximum absolute atomic E-state index is 6.06. The van der Waals surface area contributed by atoms with Gasteiger partial charge in [-0.15, -0.1) is 0 Å². The summed E-state index contributed by atoms with van der Waals surface area (Å²) in [6.07, 6.45) is 3.08. The zero-order chi connectivity index (χ0) is 14.8. The summed E-state index contributed by atoms with van der Waals surface area (Å²) in [7, 11) is 0. The lowest BCUT2D eigenvalue weighted by Crippen LogP contribution is -2.25. The van der Waals surface area contributed by atoms with Crippen LogP contribution in [0.5, 0.6) is 0 Å². The van der Waals surface area contributed by atoms with Crippen molar-refractivity contribution in [2.24, 2.45) is 0 Å². The first kappa shape index (κ1) is 13.9. The van der Waals surface area contributed by atoms with E-state index in [9.17, 15) is 0 Å². The maximum Gasteiger partial charge on any atom is 0.137 e. The second-order valence-corrected chi connectivity index (χ2v) is 5.62. The molecular weight excluding hydrogens is 260 g/mol. The van der Waals surface area contributed by atoms with Gasteiger partial charge in [-0.05, 0) is 30.9 Å². The number of aryl methyl sites for hydroxylation is 2. The molecule has 2 N–H and O–H groups in total. The van der Waals surface area contributed by atoms with Gasteiger partial charge in [0.1, 0.15) is 17.5 Å². The van der Waals surface area contributed by atoms with Crippen molar-refractivity contribution < 1.29 is 0 Å². The minimum atomic E-state index is 0.606. The van der Waals surface area contributed by atoms with Crippen LogP contribution in [0.25, 0.3) is 0 Å². The molecule has 0 radical (unpaired) electrons. The average molecular weight is 282 g/mol. The minimum absolute atomic E-state index is 0.606. The minimum Gasteiger partial charge on any atom is -0.383 e. The fourth-order valence-electron chi connectivity index (χ4n) is 2.92. The van der Waals surface area contributed by atoms with Gasteiger partial charge in [-0.3, -0.25) is 0 Å². The number of aromatic nitrogens is 2. The molecule has 0 fully saturated rings. The predicted molar refractivity (Wildman–Crippen MR) is 86.4 cm³/mol. The Labute approximate surface area is 126 Å². The standard InChI is InChI=1S/C17H22N4/c1-3-15-19-16(18)12(2)17(20-15)21-10-6-9-13-7-4-5-8-14(13)11-21/h4-5,7-8H,3,6,9-11H2,1-2H3,(H2,18,19,20). The Hall–Kier alpha value is -2.10. The van der Waals surface area contributed by atoms with Crippen LogP contribution in [0.1, 0.15) is 35.9 Å². The molecule has 0 saturated heterocycles. The molecule has 4 heteroatoms. The van der Waals surface area contributed by atoms with Gasteiger partial charge < -0.3 is 10.6 Å². The first-order valence-corrected chi connectivity index (χ1v) is 7.63. The molecule has 1 aromatic carbocycles. The Morgan fingerprint density at radius 1 is 1.19 bits per heavy atom. The maximum atomic E-state index is 6.06. The summed E-state index contributed by atoms with van der Waals surface area (Å²) >= 11 is 0. The van der Waals surface area contributed by atoms with Crippen LogP contribution < -0.4 is 10.6 Å². The van der Waals surface area contributed by atoms with Gasteiger partial charge in [0.25, 0.3) is 0 Å². The molecule has 1 aliphatic rings. The molecule has 0 atom stereocenters. The molecule has 0 aliphatic carbocycles.